The van der Waals surface area contributed by atoms with Crippen molar-refractivity contribution >= 4 is 29.0 Å². The van der Waals surface area contributed by atoms with E-state index in [1.54, 1.807) is 23.1 Å². The second-order valence-electron chi connectivity index (χ2n) is 4.69. The van der Waals surface area contributed by atoms with Gasteiger partial charge in [0.05, 0.1) is 11.1 Å². The molecule has 0 radical (unpaired) electrons. The van der Waals surface area contributed by atoms with Crippen molar-refractivity contribution in [3.8, 4) is 0 Å². The third-order valence-electron chi connectivity index (χ3n) is 2.66. The number of carboxylic acids is 1. The molecule has 0 amide bonds. The highest BCUT2D eigenvalue weighted by Crippen LogP contribution is 2.21. The van der Waals surface area contributed by atoms with E-state index in [-0.39, 0.29) is 11.1 Å². The quantitative estimate of drug-likeness (QED) is 0.801. The van der Waals surface area contributed by atoms with Gasteiger partial charge in [-0.15, -0.1) is 0 Å². The fourth-order valence-corrected chi connectivity index (χ4v) is 2.13. The number of carboxylic acid groups (broad SMARTS) is 1. The van der Waals surface area contributed by atoms with Crippen molar-refractivity contribution in [3.63, 3.8) is 0 Å². The summed E-state index contributed by atoms with van der Waals surface area (Å²) < 4.78 is 0. The van der Waals surface area contributed by atoms with E-state index in [0.717, 1.165) is 5.69 Å². The van der Waals surface area contributed by atoms with Gasteiger partial charge in [-0.25, -0.2) is 4.79 Å². The predicted molar refractivity (Wildman–Crippen MR) is 74.8 cm³/mol. The molecule has 5 heteroatoms. The summed E-state index contributed by atoms with van der Waals surface area (Å²) in [7, 11) is 0. The van der Waals surface area contributed by atoms with Crippen molar-refractivity contribution in [2.45, 2.75) is 19.4 Å². The molecular weight excluding hydrogens is 248 g/mol. The average molecular weight is 262 g/mol. The minimum absolute atomic E-state index is 0.183. The molecule has 0 bridgehead atoms. The van der Waals surface area contributed by atoms with Gasteiger partial charge in [-0.1, -0.05) is 6.07 Å². The highest BCUT2D eigenvalue weighted by molar-refractivity contribution is 7.80. The Morgan fingerprint density at radius 3 is 2.78 bits per heavy atom. The van der Waals surface area contributed by atoms with E-state index >= 15 is 0 Å². The van der Waals surface area contributed by atoms with Crippen LogP contribution in [0.5, 0.6) is 0 Å². The maximum atomic E-state index is 10.9. The monoisotopic (exact) mass is 262 g/mol. The minimum Gasteiger partial charge on any atom is -0.478 e. The van der Waals surface area contributed by atoms with Crippen LogP contribution < -0.4 is 10.2 Å². The third kappa shape index (κ3) is 2.51. The third-order valence-corrected chi connectivity index (χ3v) is 2.96. The molecule has 0 saturated carbocycles. The molecule has 0 aromatic heterocycles. The van der Waals surface area contributed by atoms with E-state index < -0.39 is 5.97 Å². The largest absolute Gasteiger partial charge is 0.478 e. The van der Waals surface area contributed by atoms with Crippen molar-refractivity contribution in [1.82, 2.24) is 5.32 Å². The second kappa shape index (κ2) is 4.42. The first-order valence-electron chi connectivity index (χ1n) is 5.53. The lowest BCUT2D eigenvalue weighted by atomic mass is 10.0. The molecule has 2 rings (SSSR count). The summed E-state index contributed by atoms with van der Waals surface area (Å²) in [6.07, 6.45) is 3.84. The van der Waals surface area contributed by atoms with E-state index in [1.165, 1.54) is 0 Å². The first kappa shape index (κ1) is 12.6. The van der Waals surface area contributed by atoms with Crippen molar-refractivity contribution in [2.24, 2.45) is 0 Å². The van der Waals surface area contributed by atoms with E-state index in [9.17, 15) is 4.79 Å². The van der Waals surface area contributed by atoms with Crippen molar-refractivity contribution in [2.75, 3.05) is 4.90 Å². The van der Waals surface area contributed by atoms with Gasteiger partial charge in [0.25, 0.3) is 0 Å². The average Bonchev–Trinajstić information content (AvgIpc) is 2.28. The normalized spacial score (nSPS) is 17.4. The Balaban J connectivity index is 2.35. The first-order chi connectivity index (χ1) is 8.39. The summed E-state index contributed by atoms with van der Waals surface area (Å²) in [6, 6.07) is 6.68. The number of nitrogens with zero attached hydrogens (tertiary/aromatic N) is 1. The van der Waals surface area contributed by atoms with Gasteiger partial charge in [-0.2, -0.15) is 0 Å². The Morgan fingerprint density at radius 2 is 2.17 bits per heavy atom. The Kier molecular flexibility index (Phi) is 3.09. The smallest absolute Gasteiger partial charge is 0.335 e. The Bertz CT molecular complexity index is 538. The summed E-state index contributed by atoms with van der Waals surface area (Å²) in [6.45, 7) is 4.03. The number of thiocarbonyl (C=S) groups is 1. The summed E-state index contributed by atoms with van der Waals surface area (Å²) in [4.78, 5) is 12.7. The van der Waals surface area contributed by atoms with Crippen LogP contribution in [0, 0.1) is 0 Å². The number of benzene rings is 1. The molecule has 4 nitrogen and oxygen atoms in total. The number of hydrogen-bond donors (Lipinski definition) is 2. The molecule has 0 atom stereocenters. The molecule has 2 N–H and O–H groups in total. The van der Waals surface area contributed by atoms with Gasteiger partial charge in [-0.3, -0.25) is 4.90 Å². The van der Waals surface area contributed by atoms with Crippen LogP contribution in [-0.2, 0) is 0 Å². The highest BCUT2D eigenvalue weighted by Gasteiger charge is 2.23. The minimum atomic E-state index is -0.947. The van der Waals surface area contributed by atoms with Crippen LogP contribution in [0.3, 0.4) is 0 Å². The Labute approximate surface area is 111 Å². The van der Waals surface area contributed by atoms with Crippen LogP contribution in [0.4, 0.5) is 5.69 Å². The fraction of sp³-hybridized carbons (Fsp3) is 0.231. The molecule has 0 saturated heterocycles. The number of carbonyl (C=O) groups is 1. The Hall–Kier alpha value is -1.88. The van der Waals surface area contributed by atoms with Crippen LogP contribution in [-0.4, -0.2) is 21.7 Å². The zero-order valence-corrected chi connectivity index (χ0v) is 11.0. The zero-order chi connectivity index (χ0) is 13.3. The zero-order valence-electron chi connectivity index (χ0n) is 10.2. The SMILES string of the molecule is CC1(C)C=CN(c2cccc(C(=O)O)c2)C(=S)N1. The Morgan fingerprint density at radius 1 is 1.44 bits per heavy atom. The lowest BCUT2D eigenvalue weighted by molar-refractivity contribution is 0.0697. The molecular formula is C13H14N2O2S. The number of nitrogens with one attached hydrogen (secondary N) is 1. The van der Waals surface area contributed by atoms with E-state index in [4.69, 9.17) is 17.3 Å². The van der Waals surface area contributed by atoms with Crippen molar-refractivity contribution < 1.29 is 9.90 Å². The highest BCUT2D eigenvalue weighted by atomic mass is 32.1. The predicted octanol–water partition coefficient (Wildman–Crippen LogP) is 2.37. The van der Waals surface area contributed by atoms with Gasteiger partial charge in [0.1, 0.15) is 0 Å². The first-order valence-corrected chi connectivity index (χ1v) is 5.94. The molecule has 0 aliphatic carbocycles. The maximum absolute atomic E-state index is 10.9. The molecule has 1 heterocycles. The standard InChI is InChI=1S/C13H14N2O2S/c1-13(2)6-7-15(12(18)14-13)10-5-3-4-9(8-10)11(16)17/h3-8H,1-2H3,(H,14,18)(H,16,17). The van der Waals surface area contributed by atoms with Crippen LogP contribution in [0.25, 0.3) is 0 Å². The van der Waals surface area contributed by atoms with Crippen molar-refractivity contribution in [1.29, 1.82) is 0 Å². The summed E-state index contributed by atoms with van der Waals surface area (Å²) in [5, 5.41) is 12.7. The molecule has 0 unspecified atom stereocenters. The molecule has 94 valence electrons. The number of hydrogen-bond acceptors (Lipinski definition) is 2. The van der Waals surface area contributed by atoms with Gasteiger partial charge in [0.15, 0.2) is 5.11 Å². The van der Waals surface area contributed by atoms with E-state index in [0.29, 0.717) is 5.11 Å². The second-order valence-corrected chi connectivity index (χ2v) is 5.08. The van der Waals surface area contributed by atoms with Crippen LogP contribution in [0.15, 0.2) is 36.5 Å². The fourth-order valence-electron chi connectivity index (χ4n) is 1.70. The molecule has 18 heavy (non-hydrogen) atoms. The molecule has 0 fully saturated rings. The number of anilines is 1. The number of aromatic carboxylic acids is 1. The van der Waals surface area contributed by atoms with Crippen LogP contribution >= 0.6 is 12.2 Å². The van der Waals surface area contributed by atoms with Crippen molar-refractivity contribution in [3.05, 3.63) is 42.1 Å². The summed E-state index contributed by atoms with van der Waals surface area (Å²) >= 11 is 5.28. The molecule has 1 aliphatic heterocycles. The topological polar surface area (TPSA) is 52.6 Å². The molecule has 0 spiro atoms. The van der Waals surface area contributed by atoms with Gasteiger partial charge in [-0.05, 0) is 50.3 Å². The molecule has 1 aliphatic rings. The maximum Gasteiger partial charge on any atom is 0.335 e. The number of rotatable bonds is 2. The van der Waals surface area contributed by atoms with Gasteiger partial charge in [0, 0.05) is 11.9 Å². The molecule has 1 aromatic carbocycles. The van der Waals surface area contributed by atoms with Crippen LogP contribution in [0.1, 0.15) is 24.2 Å². The lowest BCUT2D eigenvalue weighted by Crippen LogP contribution is -2.51. The van der Waals surface area contributed by atoms with Gasteiger partial charge >= 0.3 is 5.97 Å². The lowest BCUT2D eigenvalue weighted by Gasteiger charge is -2.34. The van der Waals surface area contributed by atoms with Gasteiger partial charge < -0.3 is 10.4 Å². The van der Waals surface area contributed by atoms with Gasteiger partial charge in [0.2, 0.25) is 0 Å². The summed E-state index contributed by atoms with van der Waals surface area (Å²) in [5.41, 5.74) is 0.797. The van der Waals surface area contributed by atoms with E-state index in [2.05, 4.69) is 5.32 Å². The summed E-state index contributed by atoms with van der Waals surface area (Å²) in [5.74, 6) is -0.947. The van der Waals surface area contributed by atoms with Crippen LogP contribution in [0.2, 0.25) is 0 Å². The van der Waals surface area contributed by atoms with E-state index in [1.807, 2.05) is 32.2 Å². The molecule has 1 aromatic rings.